The molecule has 1 N–H and O–H groups in total. The summed E-state index contributed by atoms with van der Waals surface area (Å²) in [6, 6.07) is 17.4. The van der Waals surface area contributed by atoms with Crippen LogP contribution in [0, 0.1) is 27.7 Å². The van der Waals surface area contributed by atoms with E-state index in [4.69, 9.17) is 4.42 Å². The molecule has 0 aliphatic rings. The van der Waals surface area contributed by atoms with E-state index in [1.807, 2.05) is 68.4 Å². The van der Waals surface area contributed by atoms with Gasteiger partial charge in [-0.1, -0.05) is 23.3 Å². The fourth-order valence-corrected chi connectivity index (χ4v) is 3.34. The number of carbonyl (C=O) groups excluding carboxylic acids is 1. The van der Waals surface area contributed by atoms with Crippen molar-refractivity contribution in [3.63, 3.8) is 0 Å². The fourth-order valence-electron chi connectivity index (χ4n) is 3.34. The molecule has 28 heavy (non-hydrogen) atoms. The minimum Gasteiger partial charge on any atom is -0.436 e. The topological polar surface area (TPSA) is 55.1 Å². The maximum atomic E-state index is 12.6. The standard InChI is InChI=1S/C24H22N2O2/c1-14-8-15(2)10-19(9-14)23(27)25-20-7-5-6-18(13-20)24-26-21-11-16(3)17(4)12-22(21)28-24/h5-13H,1-4H3,(H,25,27). The number of nitrogens with one attached hydrogen (secondary N) is 1. The summed E-state index contributed by atoms with van der Waals surface area (Å²) in [5.74, 6) is 0.412. The first-order valence-electron chi connectivity index (χ1n) is 9.27. The van der Waals surface area contributed by atoms with Crippen LogP contribution in [0.4, 0.5) is 5.69 Å². The second kappa shape index (κ2) is 6.97. The first-order chi connectivity index (χ1) is 13.4. The predicted octanol–water partition coefficient (Wildman–Crippen LogP) is 5.98. The van der Waals surface area contributed by atoms with Crippen LogP contribution in [0.15, 0.2) is 59.0 Å². The highest BCUT2D eigenvalue weighted by atomic mass is 16.3. The number of hydrogen-bond acceptors (Lipinski definition) is 3. The van der Waals surface area contributed by atoms with Gasteiger partial charge >= 0.3 is 0 Å². The average Bonchev–Trinajstić information content (AvgIpc) is 3.04. The second-order valence-corrected chi connectivity index (χ2v) is 7.33. The monoisotopic (exact) mass is 370 g/mol. The molecule has 0 aliphatic heterocycles. The van der Waals surface area contributed by atoms with Crippen molar-refractivity contribution >= 4 is 22.7 Å². The zero-order valence-electron chi connectivity index (χ0n) is 16.5. The van der Waals surface area contributed by atoms with Gasteiger partial charge in [0.25, 0.3) is 5.91 Å². The summed E-state index contributed by atoms with van der Waals surface area (Å²) in [5, 5.41) is 2.97. The summed E-state index contributed by atoms with van der Waals surface area (Å²) in [4.78, 5) is 17.2. The first kappa shape index (κ1) is 18.0. The zero-order chi connectivity index (χ0) is 19.8. The molecular formula is C24H22N2O2. The molecule has 4 heteroatoms. The SMILES string of the molecule is Cc1cc(C)cc(C(=O)Nc2cccc(-c3nc4cc(C)c(C)cc4o3)c2)c1. The Hall–Kier alpha value is -3.40. The molecule has 0 atom stereocenters. The summed E-state index contributed by atoms with van der Waals surface area (Å²) >= 11 is 0. The Labute approximate surface area is 164 Å². The number of oxazole rings is 1. The molecule has 1 aromatic heterocycles. The van der Waals surface area contributed by atoms with E-state index in [2.05, 4.69) is 24.1 Å². The van der Waals surface area contributed by atoms with E-state index in [-0.39, 0.29) is 5.91 Å². The van der Waals surface area contributed by atoms with E-state index in [0.717, 1.165) is 27.8 Å². The molecule has 0 saturated heterocycles. The fraction of sp³-hybridized carbons (Fsp3) is 0.167. The van der Waals surface area contributed by atoms with Gasteiger partial charge in [0.15, 0.2) is 5.58 Å². The number of nitrogens with zero attached hydrogens (tertiary/aromatic N) is 1. The molecule has 0 saturated carbocycles. The molecule has 1 amide bonds. The minimum absolute atomic E-state index is 0.132. The third kappa shape index (κ3) is 3.54. The van der Waals surface area contributed by atoms with Crippen molar-refractivity contribution in [1.82, 2.24) is 4.98 Å². The molecular weight excluding hydrogens is 348 g/mol. The van der Waals surface area contributed by atoms with Crippen molar-refractivity contribution in [3.8, 4) is 11.5 Å². The van der Waals surface area contributed by atoms with E-state index < -0.39 is 0 Å². The van der Waals surface area contributed by atoms with E-state index in [9.17, 15) is 4.79 Å². The molecule has 0 radical (unpaired) electrons. The number of carbonyl (C=O) groups is 1. The van der Waals surface area contributed by atoms with Crippen LogP contribution >= 0.6 is 0 Å². The number of fused-ring (bicyclic) bond motifs is 1. The maximum absolute atomic E-state index is 12.6. The quantitative estimate of drug-likeness (QED) is 0.482. The van der Waals surface area contributed by atoms with Gasteiger partial charge in [0.2, 0.25) is 5.89 Å². The molecule has 4 aromatic rings. The minimum atomic E-state index is -0.132. The number of amides is 1. The van der Waals surface area contributed by atoms with E-state index in [1.54, 1.807) is 0 Å². The summed E-state index contributed by atoms with van der Waals surface area (Å²) in [6.07, 6.45) is 0. The molecule has 0 spiro atoms. The number of anilines is 1. The Bertz CT molecular complexity index is 1150. The second-order valence-electron chi connectivity index (χ2n) is 7.33. The van der Waals surface area contributed by atoms with Gasteiger partial charge in [0, 0.05) is 16.8 Å². The third-order valence-corrected chi connectivity index (χ3v) is 4.86. The Morgan fingerprint density at radius 2 is 1.61 bits per heavy atom. The molecule has 4 nitrogen and oxygen atoms in total. The van der Waals surface area contributed by atoms with Crippen LogP contribution in [0.3, 0.4) is 0 Å². The zero-order valence-corrected chi connectivity index (χ0v) is 16.5. The van der Waals surface area contributed by atoms with Crippen LogP contribution in [-0.4, -0.2) is 10.9 Å². The molecule has 0 aliphatic carbocycles. The number of rotatable bonds is 3. The van der Waals surface area contributed by atoms with Crippen molar-refractivity contribution in [2.24, 2.45) is 0 Å². The lowest BCUT2D eigenvalue weighted by molar-refractivity contribution is 0.102. The van der Waals surface area contributed by atoms with Gasteiger partial charge in [-0.15, -0.1) is 0 Å². The molecule has 3 aromatic carbocycles. The van der Waals surface area contributed by atoms with Gasteiger partial charge in [-0.3, -0.25) is 4.79 Å². The lowest BCUT2D eigenvalue weighted by Crippen LogP contribution is -2.12. The number of hydrogen-bond donors (Lipinski definition) is 1. The largest absolute Gasteiger partial charge is 0.436 e. The van der Waals surface area contributed by atoms with Gasteiger partial charge in [-0.2, -0.15) is 0 Å². The molecule has 1 heterocycles. The highest BCUT2D eigenvalue weighted by Gasteiger charge is 2.12. The highest BCUT2D eigenvalue weighted by molar-refractivity contribution is 6.04. The van der Waals surface area contributed by atoms with E-state index in [0.29, 0.717) is 17.1 Å². The Balaban J connectivity index is 1.63. The van der Waals surface area contributed by atoms with Crippen molar-refractivity contribution in [1.29, 1.82) is 0 Å². The number of benzene rings is 3. The normalized spacial score (nSPS) is 11.0. The first-order valence-corrected chi connectivity index (χ1v) is 9.27. The number of aryl methyl sites for hydroxylation is 4. The summed E-state index contributed by atoms with van der Waals surface area (Å²) in [6.45, 7) is 8.09. The predicted molar refractivity (Wildman–Crippen MR) is 113 cm³/mol. The van der Waals surface area contributed by atoms with E-state index in [1.165, 1.54) is 11.1 Å². The summed E-state index contributed by atoms with van der Waals surface area (Å²) < 4.78 is 5.94. The third-order valence-electron chi connectivity index (χ3n) is 4.86. The molecule has 0 fully saturated rings. The van der Waals surface area contributed by atoms with Crippen LogP contribution < -0.4 is 5.32 Å². The molecule has 0 bridgehead atoms. The lowest BCUT2D eigenvalue weighted by atomic mass is 10.1. The van der Waals surface area contributed by atoms with Gasteiger partial charge in [-0.25, -0.2) is 4.98 Å². The Morgan fingerprint density at radius 3 is 2.36 bits per heavy atom. The van der Waals surface area contributed by atoms with Crippen LogP contribution in [0.1, 0.15) is 32.6 Å². The molecule has 4 rings (SSSR count). The maximum Gasteiger partial charge on any atom is 0.255 e. The van der Waals surface area contributed by atoms with E-state index >= 15 is 0 Å². The number of aromatic nitrogens is 1. The lowest BCUT2D eigenvalue weighted by Gasteiger charge is -2.08. The van der Waals surface area contributed by atoms with Crippen LogP contribution in [0.5, 0.6) is 0 Å². The van der Waals surface area contributed by atoms with Gasteiger partial charge in [0.1, 0.15) is 5.52 Å². The smallest absolute Gasteiger partial charge is 0.255 e. The van der Waals surface area contributed by atoms with Gasteiger partial charge < -0.3 is 9.73 Å². The Morgan fingerprint density at radius 1 is 0.893 bits per heavy atom. The summed E-state index contributed by atoms with van der Waals surface area (Å²) in [7, 11) is 0. The van der Waals surface area contributed by atoms with Gasteiger partial charge in [-0.05, 0) is 81.3 Å². The average molecular weight is 370 g/mol. The van der Waals surface area contributed by atoms with Crippen LogP contribution in [0.25, 0.3) is 22.6 Å². The van der Waals surface area contributed by atoms with Crippen LogP contribution in [-0.2, 0) is 0 Å². The molecule has 0 unspecified atom stereocenters. The van der Waals surface area contributed by atoms with Crippen LogP contribution in [0.2, 0.25) is 0 Å². The highest BCUT2D eigenvalue weighted by Crippen LogP contribution is 2.28. The van der Waals surface area contributed by atoms with Crippen molar-refractivity contribution in [3.05, 3.63) is 82.4 Å². The summed E-state index contributed by atoms with van der Waals surface area (Å²) in [5.41, 5.74) is 8.26. The van der Waals surface area contributed by atoms with Crippen molar-refractivity contribution in [2.75, 3.05) is 5.32 Å². The Kier molecular flexibility index (Phi) is 4.47. The van der Waals surface area contributed by atoms with Crippen molar-refractivity contribution < 1.29 is 9.21 Å². The molecule has 140 valence electrons. The van der Waals surface area contributed by atoms with Crippen molar-refractivity contribution in [2.45, 2.75) is 27.7 Å². The van der Waals surface area contributed by atoms with Gasteiger partial charge in [0.05, 0.1) is 0 Å².